The highest BCUT2D eigenvalue weighted by molar-refractivity contribution is 6.43. The van der Waals surface area contributed by atoms with E-state index in [2.05, 4.69) is 9.72 Å². The quantitative estimate of drug-likeness (QED) is 0.169. The second-order valence-corrected chi connectivity index (χ2v) is 11.3. The van der Waals surface area contributed by atoms with Crippen LogP contribution >= 0.6 is 46.4 Å². The van der Waals surface area contributed by atoms with E-state index in [-0.39, 0.29) is 49.1 Å². The summed E-state index contributed by atoms with van der Waals surface area (Å²) in [5.41, 5.74) is 0.778. The minimum Gasteiger partial charge on any atom is -0.489 e. The van der Waals surface area contributed by atoms with E-state index in [0.29, 0.717) is 23.7 Å². The Bertz CT molecular complexity index is 1510. The molecule has 220 valence electrons. The molecule has 1 saturated carbocycles. The van der Waals surface area contributed by atoms with Gasteiger partial charge in [0.05, 0.1) is 27.8 Å². The molecule has 0 bridgehead atoms. The van der Waals surface area contributed by atoms with Crippen LogP contribution in [0.5, 0.6) is 11.5 Å². The zero-order valence-electron chi connectivity index (χ0n) is 21.5. The standard InChI is InChI=1S/C28H20Cl4F2N2O6/c29-18-6-15-16(7-19(18)30)27(39)36(26(15)38)11-25(37)41-23(8-17-20(31)9-35-10-21(17)32)14-3-4-22(42-28(33)34)24(5-14)40-12-13-1-2-13/h3-7,9-10,13,23,28H,1-2,8,11-12H2/p+1/t23-/m0/s1. The van der Waals surface area contributed by atoms with Crippen LogP contribution in [0, 0.1) is 5.92 Å². The summed E-state index contributed by atoms with van der Waals surface area (Å²) in [6.07, 6.45) is 3.77. The molecule has 2 heterocycles. The molecular weight excluding hydrogens is 640 g/mol. The highest BCUT2D eigenvalue weighted by atomic mass is 35.5. The number of fused-ring (bicyclic) bond motifs is 1. The van der Waals surface area contributed by atoms with Crippen molar-refractivity contribution in [2.24, 2.45) is 5.92 Å². The van der Waals surface area contributed by atoms with Crippen LogP contribution in [0.15, 0.2) is 42.7 Å². The van der Waals surface area contributed by atoms with Crippen LogP contribution in [0.4, 0.5) is 8.78 Å². The molecule has 2 aliphatic rings. The number of carbonyl (C=O) groups is 3. The second-order valence-electron chi connectivity index (χ2n) is 9.66. The zero-order chi connectivity index (χ0) is 30.1. The first-order valence-corrected chi connectivity index (χ1v) is 14.1. The number of alkyl halides is 2. The van der Waals surface area contributed by atoms with Gasteiger partial charge in [0.15, 0.2) is 23.9 Å². The van der Waals surface area contributed by atoms with Gasteiger partial charge in [-0.2, -0.15) is 8.78 Å². The van der Waals surface area contributed by atoms with Gasteiger partial charge in [-0.25, -0.2) is 4.98 Å². The van der Waals surface area contributed by atoms with Gasteiger partial charge in [0.2, 0.25) is 0 Å². The van der Waals surface area contributed by atoms with Gasteiger partial charge in [0.1, 0.15) is 22.7 Å². The molecule has 0 radical (unpaired) electrons. The lowest BCUT2D eigenvalue weighted by molar-refractivity contribution is -0.377. The van der Waals surface area contributed by atoms with E-state index in [9.17, 15) is 23.2 Å². The number of esters is 1. The molecule has 42 heavy (non-hydrogen) atoms. The summed E-state index contributed by atoms with van der Waals surface area (Å²) in [4.78, 5) is 42.5. The first kappa shape index (κ1) is 30.3. The number of aromatic amines is 1. The number of benzene rings is 2. The van der Waals surface area contributed by atoms with Crippen molar-refractivity contribution in [2.75, 3.05) is 13.2 Å². The summed E-state index contributed by atoms with van der Waals surface area (Å²) >= 11 is 24.7. The number of hydrogen-bond acceptors (Lipinski definition) is 6. The van der Waals surface area contributed by atoms with E-state index < -0.39 is 37.0 Å². The fourth-order valence-corrected chi connectivity index (χ4v) is 5.22. The third-order valence-corrected chi connectivity index (χ3v) is 8.08. The van der Waals surface area contributed by atoms with Gasteiger partial charge in [-0.15, -0.1) is 0 Å². The van der Waals surface area contributed by atoms with E-state index in [1.807, 2.05) is 0 Å². The fourth-order valence-electron chi connectivity index (χ4n) is 4.36. The Balaban J connectivity index is 1.42. The average Bonchev–Trinajstić information content (AvgIpc) is 3.74. The smallest absolute Gasteiger partial charge is 0.387 e. The van der Waals surface area contributed by atoms with Crippen molar-refractivity contribution in [1.82, 2.24) is 4.90 Å². The number of hydrogen-bond donors (Lipinski definition) is 0. The molecule has 1 aromatic heterocycles. The second kappa shape index (κ2) is 12.6. The van der Waals surface area contributed by atoms with Gasteiger partial charge in [-0.1, -0.05) is 52.5 Å². The van der Waals surface area contributed by atoms with E-state index in [1.165, 1.54) is 42.7 Å². The maximum atomic E-state index is 13.2. The number of nitrogens with zero attached hydrogens (tertiary/aromatic N) is 1. The maximum Gasteiger partial charge on any atom is 0.387 e. The normalized spacial score (nSPS) is 15.2. The van der Waals surface area contributed by atoms with Gasteiger partial charge in [0, 0.05) is 12.0 Å². The van der Waals surface area contributed by atoms with Crippen molar-refractivity contribution in [3.05, 3.63) is 85.1 Å². The number of H-pyrrole nitrogens is 1. The highest BCUT2D eigenvalue weighted by Crippen LogP contribution is 2.38. The lowest BCUT2D eigenvalue weighted by atomic mass is 10.0. The number of carbonyl (C=O) groups excluding carboxylic acids is 3. The number of aromatic nitrogens is 1. The number of ether oxygens (including phenoxy) is 3. The van der Waals surface area contributed by atoms with E-state index >= 15 is 0 Å². The van der Waals surface area contributed by atoms with Crippen LogP contribution in [-0.2, 0) is 16.0 Å². The van der Waals surface area contributed by atoms with Crippen molar-refractivity contribution in [1.29, 1.82) is 0 Å². The summed E-state index contributed by atoms with van der Waals surface area (Å²) in [6, 6.07) is 6.67. The molecule has 8 nitrogen and oxygen atoms in total. The molecule has 1 aliphatic heterocycles. The molecule has 0 unspecified atom stereocenters. The van der Waals surface area contributed by atoms with Crippen molar-refractivity contribution in [2.45, 2.75) is 32.0 Å². The minimum atomic E-state index is -3.09. The van der Waals surface area contributed by atoms with E-state index in [4.69, 9.17) is 55.9 Å². The summed E-state index contributed by atoms with van der Waals surface area (Å²) < 4.78 is 42.3. The lowest BCUT2D eigenvalue weighted by Gasteiger charge is -2.22. The van der Waals surface area contributed by atoms with Gasteiger partial charge in [0.25, 0.3) is 11.8 Å². The Hall–Kier alpha value is -3.18. The SMILES string of the molecule is O=C(CN1C(=O)c2cc(Cl)c(Cl)cc2C1=O)O[C@@H](Cc1c(Cl)c[nH+]cc1Cl)c1ccc(OC(F)F)c(OCC2CC2)c1. The molecule has 0 saturated heterocycles. The van der Waals surface area contributed by atoms with Gasteiger partial charge >= 0.3 is 12.6 Å². The monoisotopic (exact) mass is 659 g/mol. The fraction of sp³-hybridized carbons (Fsp3) is 0.286. The summed E-state index contributed by atoms with van der Waals surface area (Å²) in [5, 5.41) is 0.656. The molecular formula is C28H21Cl4F2N2O6+. The van der Waals surface area contributed by atoms with Gasteiger partial charge in [-0.05, 0) is 48.6 Å². The summed E-state index contributed by atoms with van der Waals surface area (Å²) in [6.45, 7) is -3.51. The van der Waals surface area contributed by atoms with Crippen LogP contribution in [0.25, 0.3) is 0 Å². The number of nitrogens with one attached hydrogen (secondary N) is 1. The maximum absolute atomic E-state index is 13.2. The highest BCUT2D eigenvalue weighted by Gasteiger charge is 2.38. The zero-order valence-corrected chi connectivity index (χ0v) is 24.5. The van der Waals surface area contributed by atoms with Crippen molar-refractivity contribution in [3.63, 3.8) is 0 Å². The number of imide groups is 1. The van der Waals surface area contributed by atoms with Crippen LogP contribution < -0.4 is 14.5 Å². The van der Waals surface area contributed by atoms with E-state index in [0.717, 1.165) is 17.7 Å². The molecule has 2 aromatic carbocycles. The van der Waals surface area contributed by atoms with E-state index in [1.54, 1.807) is 0 Å². The van der Waals surface area contributed by atoms with Crippen molar-refractivity contribution in [3.8, 4) is 11.5 Å². The van der Waals surface area contributed by atoms with Crippen LogP contribution in [0.1, 0.15) is 50.8 Å². The van der Waals surface area contributed by atoms with Crippen molar-refractivity contribution < 1.29 is 42.4 Å². The first-order valence-electron chi connectivity index (χ1n) is 12.6. The topological polar surface area (TPSA) is 96.3 Å². The molecule has 5 rings (SSSR count). The van der Waals surface area contributed by atoms with Gasteiger partial charge in [-0.3, -0.25) is 19.3 Å². The summed E-state index contributed by atoms with van der Waals surface area (Å²) in [5.74, 6) is -2.26. The predicted octanol–water partition coefficient (Wildman–Crippen LogP) is 6.63. The third kappa shape index (κ3) is 6.72. The molecule has 14 heteroatoms. The third-order valence-electron chi connectivity index (χ3n) is 6.69. The molecule has 0 spiro atoms. The first-order chi connectivity index (χ1) is 20.0. The lowest BCUT2D eigenvalue weighted by Crippen LogP contribution is -2.36. The number of halogens is 6. The van der Waals surface area contributed by atoms with Crippen LogP contribution in [-0.4, -0.2) is 42.4 Å². The molecule has 1 N–H and O–H groups in total. The molecule has 1 fully saturated rings. The predicted molar refractivity (Wildman–Crippen MR) is 149 cm³/mol. The summed E-state index contributed by atoms with van der Waals surface area (Å²) in [7, 11) is 0. The molecule has 2 amide bonds. The minimum absolute atomic E-state index is 0.00456. The molecule has 1 aliphatic carbocycles. The van der Waals surface area contributed by atoms with Crippen LogP contribution in [0.2, 0.25) is 20.1 Å². The largest absolute Gasteiger partial charge is 0.489 e. The Morgan fingerprint density at radius 1 is 0.929 bits per heavy atom. The molecule has 3 aromatic rings. The number of pyridine rings is 1. The Morgan fingerprint density at radius 3 is 2.12 bits per heavy atom. The number of rotatable bonds is 11. The molecule has 1 atom stereocenters. The Labute approximate surface area is 258 Å². The Kier molecular flexibility index (Phi) is 9.08. The van der Waals surface area contributed by atoms with Crippen LogP contribution in [0.3, 0.4) is 0 Å². The van der Waals surface area contributed by atoms with Gasteiger partial charge < -0.3 is 14.2 Å². The Morgan fingerprint density at radius 2 is 1.55 bits per heavy atom. The van der Waals surface area contributed by atoms with Crippen molar-refractivity contribution >= 4 is 64.2 Å². The number of amides is 2. The average molecular weight is 661 g/mol.